The Hall–Kier alpha value is -1.24. The normalized spacial score (nSPS) is 11.5. The maximum Gasteiger partial charge on any atom is 0.339 e. The van der Waals surface area contributed by atoms with Gasteiger partial charge in [-0.25, -0.2) is 0 Å². The van der Waals surface area contributed by atoms with Crippen LogP contribution in [0, 0.1) is 10.1 Å². The summed E-state index contributed by atoms with van der Waals surface area (Å²) in [4.78, 5) is 10.2. The second kappa shape index (κ2) is 6.63. The molecule has 1 aromatic rings. The quantitative estimate of drug-likeness (QED) is 0.434. The Morgan fingerprint density at radius 2 is 1.67 bits per heavy atom. The first-order valence-electron chi connectivity index (χ1n) is 6.02. The van der Waals surface area contributed by atoms with E-state index in [4.69, 9.17) is 8.85 Å². The molecular weight excluding hydrogens is 250 g/mol. The van der Waals surface area contributed by atoms with Crippen molar-refractivity contribution in [3.8, 4) is 0 Å². The van der Waals surface area contributed by atoms with Gasteiger partial charge in [-0.2, -0.15) is 0 Å². The van der Waals surface area contributed by atoms with Crippen LogP contribution in [0.3, 0.4) is 0 Å². The third-order valence-electron chi connectivity index (χ3n) is 2.57. The molecule has 0 atom stereocenters. The van der Waals surface area contributed by atoms with Crippen LogP contribution >= 0.6 is 0 Å². The van der Waals surface area contributed by atoms with Crippen molar-refractivity contribution in [2.24, 2.45) is 0 Å². The Morgan fingerprint density at radius 1 is 1.17 bits per heavy atom. The van der Waals surface area contributed by atoms with Gasteiger partial charge in [-0.1, -0.05) is 12.1 Å². The first-order chi connectivity index (χ1) is 8.50. The lowest BCUT2D eigenvalue weighted by Crippen LogP contribution is -2.41. The van der Waals surface area contributed by atoms with E-state index in [1.165, 1.54) is 12.1 Å². The third-order valence-corrected chi connectivity index (χ3v) is 5.42. The highest BCUT2D eigenvalue weighted by Gasteiger charge is 2.31. The van der Waals surface area contributed by atoms with Gasteiger partial charge in [-0.3, -0.25) is 10.1 Å². The molecular formula is C12H19NO4Si. The number of non-ortho nitro benzene ring substituents is 1. The fourth-order valence-electron chi connectivity index (χ4n) is 1.86. The van der Waals surface area contributed by atoms with Crippen LogP contribution in [0.4, 0.5) is 5.69 Å². The first kappa shape index (κ1) is 14.8. The molecule has 0 aliphatic heterocycles. The molecule has 0 aromatic heterocycles. The number of benzene rings is 1. The van der Waals surface area contributed by atoms with E-state index < -0.39 is 13.5 Å². The molecule has 18 heavy (non-hydrogen) atoms. The standard InChI is InChI=1S/C12H19NO4Si/c1-4-16-18(3,17-5-2)10-11-6-8-12(9-7-11)13(14)15/h6-9H,4-5,10H2,1-3H3. The van der Waals surface area contributed by atoms with Gasteiger partial charge in [0.15, 0.2) is 0 Å². The molecule has 0 bridgehead atoms. The molecule has 6 heteroatoms. The number of nitrogens with zero attached hydrogens (tertiary/aromatic N) is 1. The van der Waals surface area contributed by atoms with Gasteiger partial charge in [0.1, 0.15) is 0 Å². The van der Waals surface area contributed by atoms with Crippen LogP contribution in [0.1, 0.15) is 19.4 Å². The van der Waals surface area contributed by atoms with Crippen molar-refractivity contribution in [2.45, 2.75) is 26.4 Å². The van der Waals surface area contributed by atoms with Crippen LogP contribution < -0.4 is 0 Å². The van der Waals surface area contributed by atoms with E-state index in [0.29, 0.717) is 19.3 Å². The number of nitro benzene ring substituents is 1. The van der Waals surface area contributed by atoms with E-state index in [-0.39, 0.29) is 5.69 Å². The van der Waals surface area contributed by atoms with Crippen molar-refractivity contribution in [1.29, 1.82) is 0 Å². The van der Waals surface area contributed by atoms with Crippen molar-refractivity contribution in [2.75, 3.05) is 13.2 Å². The monoisotopic (exact) mass is 269 g/mol. The van der Waals surface area contributed by atoms with E-state index in [2.05, 4.69) is 0 Å². The summed E-state index contributed by atoms with van der Waals surface area (Å²) in [6.45, 7) is 7.15. The molecule has 0 spiro atoms. The Kier molecular flexibility index (Phi) is 5.45. The van der Waals surface area contributed by atoms with Crippen LogP contribution in [0.5, 0.6) is 0 Å². The minimum absolute atomic E-state index is 0.106. The molecule has 0 aliphatic rings. The fraction of sp³-hybridized carbons (Fsp3) is 0.500. The lowest BCUT2D eigenvalue weighted by Gasteiger charge is -2.25. The molecule has 5 nitrogen and oxygen atoms in total. The minimum atomic E-state index is -2.20. The van der Waals surface area contributed by atoms with Crippen LogP contribution in [-0.2, 0) is 14.9 Å². The highest BCUT2D eigenvalue weighted by atomic mass is 28.4. The number of hydrogen-bond acceptors (Lipinski definition) is 4. The zero-order chi connectivity index (χ0) is 13.6. The maximum atomic E-state index is 10.6. The average Bonchev–Trinajstić information content (AvgIpc) is 2.30. The van der Waals surface area contributed by atoms with Crippen LogP contribution in [-0.4, -0.2) is 26.7 Å². The topological polar surface area (TPSA) is 61.6 Å². The zero-order valence-corrected chi connectivity index (χ0v) is 12.0. The summed E-state index contributed by atoms with van der Waals surface area (Å²) in [5, 5.41) is 10.6. The lowest BCUT2D eigenvalue weighted by molar-refractivity contribution is -0.384. The van der Waals surface area contributed by atoms with Gasteiger partial charge < -0.3 is 8.85 Å². The molecule has 0 N–H and O–H groups in total. The molecule has 1 rings (SSSR count). The van der Waals surface area contributed by atoms with E-state index in [9.17, 15) is 10.1 Å². The van der Waals surface area contributed by atoms with Gasteiger partial charge in [0.25, 0.3) is 5.69 Å². The maximum absolute atomic E-state index is 10.6. The Balaban J connectivity index is 2.77. The second-order valence-corrected chi connectivity index (χ2v) is 7.30. The largest absolute Gasteiger partial charge is 0.394 e. The van der Waals surface area contributed by atoms with Crippen LogP contribution in [0.15, 0.2) is 24.3 Å². The van der Waals surface area contributed by atoms with Gasteiger partial charge in [0.2, 0.25) is 0 Å². The lowest BCUT2D eigenvalue weighted by atomic mass is 10.2. The SMILES string of the molecule is CCO[Si](C)(Cc1ccc([N+](=O)[O-])cc1)OCC. The van der Waals surface area contributed by atoms with Crippen molar-refractivity contribution in [1.82, 2.24) is 0 Å². The summed E-state index contributed by atoms with van der Waals surface area (Å²) in [6.07, 6.45) is 0. The van der Waals surface area contributed by atoms with Crippen molar-refractivity contribution in [3.63, 3.8) is 0 Å². The summed E-state index contributed by atoms with van der Waals surface area (Å²) < 4.78 is 11.5. The Bertz CT molecular complexity index is 388. The highest BCUT2D eigenvalue weighted by molar-refractivity contribution is 6.65. The van der Waals surface area contributed by atoms with Crippen LogP contribution in [0.2, 0.25) is 6.55 Å². The second-order valence-electron chi connectivity index (χ2n) is 4.10. The fourth-order valence-corrected chi connectivity index (χ4v) is 4.35. The molecule has 0 fully saturated rings. The average molecular weight is 269 g/mol. The van der Waals surface area contributed by atoms with E-state index in [1.54, 1.807) is 12.1 Å². The molecule has 0 amide bonds. The van der Waals surface area contributed by atoms with Crippen LogP contribution in [0.25, 0.3) is 0 Å². The molecule has 0 unspecified atom stereocenters. The summed E-state index contributed by atoms with van der Waals surface area (Å²) in [5.41, 5.74) is 1.12. The van der Waals surface area contributed by atoms with E-state index in [0.717, 1.165) is 5.56 Å². The molecule has 1 aromatic carbocycles. The number of nitro groups is 1. The van der Waals surface area contributed by atoms with Crippen molar-refractivity contribution < 1.29 is 13.8 Å². The summed E-state index contributed by atoms with van der Waals surface area (Å²) in [6, 6.07) is 7.26. The molecule has 100 valence electrons. The number of hydrogen-bond donors (Lipinski definition) is 0. The van der Waals surface area contributed by atoms with Gasteiger partial charge >= 0.3 is 8.56 Å². The predicted molar refractivity (Wildman–Crippen MR) is 71.7 cm³/mol. The van der Waals surface area contributed by atoms with E-state index >= 15 is 0 Å². The Morgan fingerprint density at radius 3 is 2.06 bits per heavy atom. The zero-order valence-electron chi connectivity index (χ0n) is 11.0. The van der Waals surface area contributed by atoms with Gasteiger partial charge in [0.05, 0.1) is 4.92 Å². The summed E-state index contributed by atoms with van der Waals surface area (Å²) in [7, 11) is -2.20. The molecule has 0 saturated carbocycles. The predicted octanol–water partition coefficient (Wildman–Crippen LogP) is 2.82. The molecule has 0 radical (unpaired) electrons. The highest BCUT2D eigenvalue weighted by Crippen LogP contribution is 2.18. The minimum Gasteiger partial charge on any atom is -0.394 e. The third kappa shape index (κ3) is 4.21. The summed E-state index contributed by atoms with van der Waals surface area (Å²) >= 11 is 0. The van der Waals surface area contributed by atoms with Crippen molar-refractivity contribution >= 4 is 14.2 Å². The number of rotatable bonds is 7. The smallest absolute Gasteiger partial charge is 0.339 e. The van der Waals surface area contributed by atoms with Crippen molar-refractivity contribution in [3.05, 3.63) is 39.9 Å². The first-order valence-corrected chi connectivity index (χ1v) is 8.54. The molecule has 0 aliphatic carbocycles. The summed E-state index contributed by atoms with van der Waals surface area (Å²) in [5.74, 6) is 0. The van der Waals surface area contributed by atoms with Gasteiger partial charge in [-0.05, 0) is 26.0 Å². The van der Waals surface area contributed by atoms with Gasteiger partial charge in [-0.15, -0.1) is 0 Å². The van der Waals surface area contributed by atoms with E-state index in [1.807, 2.05) is 20.4 Å². The Labute approximate surface area is 108 Å². The van der Waals surface area contributed by atoms with Gasteiger partial charge in [0, 0.05) is 31.4 Å². The molecule has 0 saturated heterocycles. The molecule has 0 heterocycles.